The highest BCUT2D eigenvalue weighted by Gasteiger charge is 2.09. The van der Waals surface area contributed by atoms with Crippen molar-refractivity contribution in [1.29, 1.82) is 0 Å². The van der Waals surface area contributed by atoms with Gasteiger partial charge in [-0.1, -0.05) is 46.6 Å². The van der Waals surface area contributed by atoms with Crippen LogP contribution in [0.5, 0.6) is 0 Å². The average Bonchev–Trinajstić information content (AvgIpc) is 2.04. The van der Waals surface area contributed by atoms with Crippen LogP contribution in [-0.4, -0.2) is 0 Å². The maximum atomic E-state index is 3.83. The summed E-state index contributed by atoms with van der Waals surface area (Å²) < 4.78 is 0. The van der Waals surface area contributed by atoms with Crippen molar-refractivity contribution in [3.05, 3.63) is 12.7 Å². The highest BCUT2D eigenvalue weighted by atomic mass is 14.2. The first-order chi connectivity index (χ1) is 6.10. The standard InChI is InChI=1S/C13H26/c1-6-8-12(4)10-13(5)9-11(3)7-2/h7,11-13H,2,6,8-10H2,1,3-5H3. The van der Waals surface area contributed by atoms with E-state index in [0.717, 1.165) is 11.8 Å². The van der Waals surface area contributed by atoms with Crippen LogP contribution in [0.4, 0.5) is 0 Å². The lowest BCUT2D eigenvalue weighted by atomic mass is 9.88. The second kappa shape index (κ2) is 7.17. The van der Waals surface area contributed by atoms with Crippen LogP contribution >= 0.6 is 0 Å². The molecule has 0 rings (SSSR count). The molecule has 0 fully saturated rings. The minimum absolute atomic E-state index is 0.684. The largest absolute Gasteiger partial charge is 0.103 e. The van der Waals surface area contributed by atoms with Gasteiger partial charge in [0.15, 0.2) is 0 Å². The van der Waals surface area contributed by atoms with Crippen molar-refractivity contribution in [2.24, 2.45) is 17.8 Å². The van der Waals surface area contributed by atoms with E-state index in [-0.39, 0.29) is 0 Å². The molecule has 3 unspecified atom stereocenters. The van der Waals surface area contributed by atoms with Gasteiger partial charge in [0.1, 0.15) is 0 Å². The van der Waals surface area contributed by atoms with Gasteiger partial charge in [0.05, 0.1) is 0 Å². The van der Waals surface area contributed by atoms with E-state index in [4.69, 9.17) is 0 Å². The van der Waals surface area contributed by atoms with Gasteiger partial charge in [0.25, 0.3) is 0 Å². The van der Waals surface area contributed by atoms with Crippen molar-refractivity contribution < 1.29 is 0 Å². The molecular formula is C13H26. The molecule has 13 heavy (non-hydrogen) atoms. The Hall–Kier alpha value is -0.260. The Morgan fingerprint density at radius 1 is 1.08 bits per heavy atom. The lowest BCUT2D eigenvalue weighted by molar-refractivity contribution is 0.353. The summed E-state index contributed by atoms with van der Waals surface area (Å²) in [5, 5.41) is 0. The van der Waals surface area contributed by atoms with Gasteiger partial charge in [-0.05, 0) is 30.6 Å². The van der Waals surface area contributed by atoms with E-state index in [2.05, 4.69) is 40.3 Å². The Bertz CT molecular complexity index is 126. The number of allylic oxidation sites excluding steroid dienone is 1. The quantitative estimate of drug-likeness (QED) is 0.502. The molecule has 0 saturated heterocycles. The first-order valence-corrected chi connectivity index (χ1v) is 5.72. The topological polar surface area (TPSA) is 0 Å². The van der Waals surface area contributed by atoms with Crippen LogP contribution in [0, 0.1) is 17.8 Å². The van der Waals surface area contributed by atoms with Gasteiger partial charge in [-0.3, -0.25) is 0 Å². The predicted molar refractivity (Wildman–Crippen MR) is 61.8 cm³/mol. The summed E-state index contributed by atoms with van der Waals surface area (Å²) in [6.45, 7) is 13.1. The molecule has 3 atom stereocenters. The third kappa shape index (κ3) is 6.86. The molecule has 0 heteroatoms. The molecule has 0 aliphatic rings. The lowest BCUT2D eigenvalue weighted by Gasteiger charge is -2.18. The zero-order valence-electron chi connectivity index (χ0n) is 9.84. The summed E-state index contributed by atoms with van der Waals surface area (Å²) in [4.78, 5) is 0. The second-order valence-electron chi connectivity index (χ2n) is 4.68. The predicted octanol–water partition coefficient (Wildman–Crippen LogP) is 4.66. The monoisotopic (exact) mass is 182 g/mol. The first kappa shape index (κ1) is 12.7. The van der Waals surface area contributed by atoms with Gasteiger partial charge in [-0.25, -0.2) is 0 Å². The summed E-state index contributed by atoms with van der Waals surface area (Å²) in [5.41, 5.74) is 0. The van der Waals surface area contributed by atoms with Crippen molar-refractivity contribution in [2.75, 3.05) is 0 Å². The van der Waals surface area contributed by atoms with Crippen molar-refractivity contribution in [3.8, 4) is 0 Å². The normalized spacial score (nSPS) is 17.8. The maximum Gasteiger partial charge on any atom is -0.0262 e. The van der Waals surface area contributed by atoms with Crippen LogP contribution in [0.15, 0.2) is 12.7 Å². The fourth-order valence-electron chi connectivity index (χ4n) is 2.12. The van der Waals surface area contributed by atoms with E-state index in [9.17, 15) is 0 Å². The molecule has 0 amide bonds. The third-order valence-corrected chi connectivity index (χ3v) is 2.76. The van der Waals surface area contributed by atoms with Gasteiger partial charge in [-0.15, -0.1) is 6.58 Å². The van der Waals surface area contributed by atoms with Crippen molar-refractivity contribution >= 4 is 0 Å². The molecule has 0 aliphatic carbocycles. The summed E-state index contributed by atoms with van der Waals surface area (Å²) in [7, 11) is 0. The van der Waals surface area contributed by atoms with E-state index >= 15 is 0 Å². The summed E-state index contributed by atoms with van der Waals surface area (Å²) in [6.07, 6.45) is 7.46. The van der Waals surface area contributed by atoms with E-state index in [1.165, 1.54) is 25.7 Å². The Kier molecular flexibility index (Phi) is 7.03. The molecule has 0 aromatic rings. The number of hydrogen-bond donors (Lipinski definition) is 0. The summed E-state index contributed by atoms with van der Waals surface area (Å²) in [5.74, 6) is 2.44. The van der Waals surface area contributed by atoms with Crippen LogP contribution in [0.25, 0.3) is 0 Å². The first-order valence-electron chi connectivity index (χ1n) is 5.72. The van der Waals surface area contributed by atoms with E-state index < -0.39 is 0 Å². The molecule has 0 spiro atoms. The summed E-state index contributed by atoms with van der Waals surface area (Å²) in [6, 6.07) is 0. The molecule has 0 aromatic carbocycles. The van der Waals surface area contributed by atoms with Crippen molar-refractivity contribution in [3.63, 3.8) is 0 Å². The number of rotatable bonds is 7. The zero-order valence-corrected chi connectivity index (χ0v) is 9.84. The molecule has 78 valence electrons. The Morgan fingerprint density at radius 3 is 2.15 bits per heavy atom. The smallest absolute Gasteiger partial charge is 0.0262 e. The Balaban J connectivity index is 3.60. The Labute approximate surface area is 84.4 Å². The van der Waals surface area contributed by atoms with Crippen LogP contribution in [0.1, 0.15) is 53.4 Å². The highest BCUT2D eigenvalue weighted by molar-refractivity contribution is 4.76. The maximum absolute atomic E-state index is 3.83. The van der Waals surface area contributed by atoms with E-state index in [0.29, 0.717) is 5.92 Å². The van der Waals surface area contributed by atoms with E-state index in [1.54, 1.807) is 0 Å². The fraction of sp³-hybridized carbons (Fsp3) is 0.846. The molecule has 0 N–H and O–H groups in total. The molecule has 0 aliphatic heterocycles. The van der Waals surface area contributed by atoms with E-state index in [1.807, 2.05) is 0 Å². The number of hydrogen-bond acceptors (Lipinski definition) is 0. The van der Waals surface area contributed by atoms with Crippen LogP contribution < -0.4 is 0 Å². The Morgan fingerprint density at radius 2 is 1.69 bits per heavy atom. The highest BCUT2D eigenvalue weighted by Crippen LogP contribution is 2.22. The average molecular weight is 182 g/mol. The SMILES string of the molecule is C=CC(C)CC(C)CC(C)CCC. The molecule has 0 nitrogen and oxygen atoms in total. The van der Waals surface area contributed by atoms with Crippen LogP contribution in [-0.2, 0) is 0 Å². The minimum atomic E-state index is 0.684. The van der Waals surface area contributed by atoms with Gasteiger partial charge < -0.3 is 0 Å². The fourth-order valence-corrected chi connectivity index (χ4v) is 2.12. The molecule has 0 radical (unpaired) electrons. The van der Waals surface area contributed by atoms with Gasteiger partial charge in [0, 0.05) is 0 Å². The zero-order chi connectivity index (χ0) is 10.3. The molecule has 0 bridgehead atoms. The third-order valence-electron chi connectivity index (χ3n) is 2.76. The van der Waals surface area contributed by atoms with Gasteiger partial charge in [-0.2, -0.15) is 0 Å². The van der Waals surface area contributed by atoms with Crippen molar-refractivity contribution in [1.82, 2.24) is 0 Å². The van der Waals surface area contributed by atoms with Crippen LogP contribution in [0.3, 0.4) is 0 Å². The summed E-state index contributed by atoms with van der Waals surface area (Å²) >= 11 is 0. The molecule has 0 heterocycles. The lowest BCUT2D eigenvalue weighted by Crippen LogP contribution is -2.06. The molecular weight excluding hydrogens is 156 g/mol. The van der Waals surface area contributed by atoms with Gasteiger partial charge in [0.2, 0.25) is 0 Å². The van der Waals surface area contributed by atoms with Crippen LogP contribution in [0.2, 0.25) is 0 Å². The molecule has 0 saturated carbocycles. The van der Waals surface area contributed by atoms with Crippen molar-refractivity contribution in [2.45, 2.75) is 53.4 Å². The van der Waals surface area contributed by atoms with Gasteiger partial charge >= 0.3 is 0 Å². The second-order valence-corrected chi connectivity index (χ2v) is 4.68. The molecule has 0 aromatic heterocycles. The minimum Gasteiger partial charge on any atom is -0.103 e.